The summed E-state index contributed by atoms with van der Waals surface area (Å²) in [6.07, 6.45) is 3.63. The Labute approximate surface area is 261 Å². The van der Waals surface area contributed by atoms with E-state index in [2.05, 4.69) is 145 Å². The van der Waals surface area contributed by atoms with Gasteiger partial charge in [0.1, 0.15) is 0 Å². The normalized spacial score (nSPS) is 13.3. The van der Waals surface area contributed by atoms with E-state index >= 15 is 0 Å². The third kappa shape index (κ3) is 3.74. The highest BCUT2D eigenvalue weighted by Crippen LogP contribution is 2.53. The lowest BCUT2D eigenvalue weighted by atomic mass is 9.78. The molecule has 0 fully saturated rings. The molecule has 0 bridgehead atoms. The van der Waals surface area contributed by atoms with E-state index in [0.717, 1.165) is 33.4 Å². The molecule has 1 aliphatic rings. The molecule has 9 rings (SSSR count). The minimum atomic E-state index is -0.168. The number of hydrogen-bond donors (Lipinski definition) is 0. The molecule has 0 atom stereocenters. The van der Waals surface area contributed by atoms with Crippen molar-refractivity contribution in [3.05, 3.63) is 151 Å². The van der Waals surface area contributed by atoms with Gasteiger partial charge < -0.3 is 0 Å². The van der Waals surface area contributed by atoms with Crippen LogP contribution in [0.3, 0.4) is 0 Å². The largest absolute Gasteiger partial charge is 0.247 e. The van der Waals surface area contributed by atoms with Gasteiger partial charge in [-0.3, -0.25) is 0 Å². The minimum absolute atomic E-state index is 0.168. The fourth-order valence-corrected chi connectivity index (χ4v) is 7.60. The summed E-state index contributed by atoms with van der Waals surface area (Å²) in [4.78, 5) is 14.6. The summed E-state index contributed by atoms with van der Waals surface area (Å²) < 4.78 is 0. The van der Waals surface area contributed by atoms with Crippen LogP contribution in [0.25, 0.3) is 77.3 Å². The van der Waals surface area contributed by atoms with Crippen LogP contribution in [0.2, 0.25) is 0 Å². The first-order chi connectivity index (χ1) is 22.1. The van der Waals surface area contributed by atoms with Gasteiger partial charge in [0, 0.05) is 34.3 Å². The van der Waals surface area contributed by atoms with Crippen molar-refractivity contribution in [3.8, 4) is 44.9 Å². The SMILES string of the molecule is CC1(C)c2ccccc2-c2nc3ccccc3c(-c3ccc(-c4c5ccccc5c(-c5ncccn5)c5ccccc45)cc3)c21. The van der Waals surface area contributed by atoms with E-state index in [1.165, 1.54) is 55.1 Å². The quantitative estimate of drug-likeness (QED) is 0.197. The van der Waals surface area contributed by atoms with Crippen LogP contribution in [0.1, 0.15) is 25.0 Å². The van der Waals surface area contributed by atoms with Gasteiger partial charge in [0.15, 0.2) is 5.82 Å². The van der Waals surface area contributed by atoms with Gasteiger partial charge in [0.05, 0.1) is 11.2 Å². The van der Waals surface area contributed by atoms with Crippen LogP contribution in [-0.2, 0) is 5.41 Å². The van der Waals surface area contributed by atoms with Gasteiger partial charge >= 0.3 is 0 Å². The van der Waals surface area contributed by atoms with Crippen molar-refractivity contribution >= 4 is 32.4 Å². The highest BCUT2D eigenvalue weighted by Gasteiger charge is 2.39. The molecule has 0 N–H and O–H groups in total. The lowest BCUT2D eigenvalue weighted by Crippen LogP contribution is -2.16. The molecule has 8 aromatic rings. The van der Waals surface area contributed by atoms with Crippen LogP contribution in [0, 0.1) is 0 Å². The number of fused-ring (bicyclic) bond motifs is 6. The van der Waals surface area contributed by atoms with Crippen molar-refractivity contribution in [1.82, 2.24) is 15.0 Å². The molecule has 2 aromatic heterocycles. The Morgan fingerprint density at radius 3 is 1.62 bits per heavy atom. The summed E-state index contributed by atoms with van der Waals surface area (Å²) in [5, 5.41) is 5.88. The number of aromatic nitrogens is 3. The Bertz CT molecular complexity index is 2380. The molecule has 1 aliphatic carbocycles. The monoisotopic (exact) mass is 575 g/mol. The van der Waals surface area contributed by atoms with E-state index in [9.17, 15) is 0 Å². The van der Waals surface area contributed by atoms with Crippen molar-refractivity contribution in [2.45, 2.75) is 19.3 Å². The standard InChI is InChI=1S/C42H29N3/c1-42(2)34-18-9-7-16-32(34)40-39(42)37(33-17-8-10-19-35(33)45-40)27-22-20-26(21-23-27)36-28-12-3-5-14-30(28)38(41-43-24-11-25-44-41)31-15-6-4-13-29(31)36/h3-25H,1-2H3. The highest BCUT2D eigenvalue weighted by molar-refractivity contribution is 6.20. The van der Waals surface area contributed by atoms with Gasteiger partial charge in [-0.2, -0.15) is 0 Å². The molecular weight excluding hydrogens is 546 g/mol. The fraction of sp³-hybridized carbons (Fsp3) is 0.0714. The number of nitrogens with zero attached hydrogens (tertiary/aromatic N) is 3. The molecule has 0 unspecified atom stereocenters. The van der Waals surface area contributed by atoms with Crippen LogP contribution >= 0.6 is 0 Å². The molecule has 45 heavy (non-hydrogen) atoms. The molecule has 0 amide bonds. The number of rotatable bonds is 3. The minimum Gasteiger partial charge on any atom is -0.247 e. The van der Waals surface area contributed by atoms with E-state index in [4.69, 9.17) is 4.98 Å². The van der Waals surface area contributed by atoms with Gasteiger partial charge in [0.2, 0.25) is 0 Å². The molecule has 212 valence electrons. The van der Waals surface area contributed by atoms with E-state index in [0.29, 0.717) is 0 Å². The zero-order valence-electron chi connectivity index (χ0n) is 25.1. The fourth-order valence-electron chi connectivity index (χ4n) is 7.60. The zero-order chi connectivity index (χ0) is 30.1. The number of pyridine rings is 1. The first-order valence-corrected chi connectivity index (χ1v) is 15.5. The Kier molecular flexibility index (Phi) is 5.54. The maximum Gasteiger partial charge on any atom is 0.160 e. The zero-order valence-corrected chi connectivity index (χ0v) is 25.1. The van der Waals surface area contributed by atoms with Gasteiger partial charge in [-0.1, -0.05) is 129 Å². The maximum atomic E-state index is 5.24. The van der Waals surface area contributed by atoms with Crippen LogP contribution in [-0.4, -0.2) is 15.0 Å². The van der Waals surface area contributed by atoms with Crippen LogP contribution in [0.4, 0.5) is 0 Å². The Hall–Kier alpha value is -5.67. The average Bonchev–Trinajstić information content (AvgIpc) is 3.32. The molecule has 6 aromatic carbocycles. The number of hydrogen-bond acceptors (Lipinski definition) is 3. The molecule has 3 nitrogen and oxygen atoms in total. The molecule has 0 radical (unpaired) electrons. The van der Waals surface area contributed by atoms with E-state index < -0.39 is 0 Å². The second-order valence-electron chi connectivity index (χ2n) is 12.4. The summed E-state index contributed by atoms with van der Waals surface area (Å²) in [5.41, 5.74) is 11.8. The van der Waals surface area contributed by atoms with Gasteiger partial charge in [0.25, 0.3) is 0 Å². The lowest BCUT2D eigenvalue weighted by molar-refractivity contribution is 0.662. The third-order valence-corrected chi connectivity index (χ3v) is 9.56. The van der Waals surface area contributed by atoms with Crippen LogP contribution in [0.5, 0.6) is 0 Å². The number of para-hydroxylation sites is 1. The molecule has 0 spiro atoms. The van der Waals surface area contributed by atoms with Crippen molar-refractivity contribution < 1.29 is 0 Å². The topological polar surface area (TPSA) is 38.7 Å². The molecule has 0 aliphatic heterocycles. The molecule has 3 heteroatoms. The van der Waals surface area contributed by atoms with E-state index in [1.807, 2.05) is 18.5 Å². The summed E-state index contributed by atoms with van der Waals surface area (Å²) in [6, 6.07) is 45.6. The van der Waals surface area contributed by atoms with Crippen molar-refractivity contribution in [2.75, 3.05) is 0 Å². The van der Waals surface area contributed by atoms with Crippen LogP contribution < -0.4 is 0 Å². The van der Waals surface area contributed by atoms with Crippen LogP contribution in [0.15, 0.2) is 140 Å². The van der Waals surface area contributed by atoms with Gasteiger partial charge in [-0.25, -0.2) is 15.0 Å². The summed E-state index contributed by atoms with van der Waals surface area (Å²) in [5.74, 6) is 0.744. The molecular formula is C42H29N3. The molecule has 0 saturated carbocycles. The predicted molar refractivity (Wildman–Crippen MR) is 186 cm³/mol. The molecule has 2 heterocycles. The third-order valence-electron chi connectivity index (χ3n) is 9.56. The second-order valence-corrected chi connectivity index (χ2v) is 12.4. The van der Waals surface area contributed by atoms with Gasteiger partial charge in [-0.05, 0) is 67.1 Å². The highest BCUT2D eigenvalue weighted by atomic mass is 14.9. The second kappa shape index (κ2) is 9.67. The smallest absolute Gasteiger partial charge is 0.160 e. The first-order valence-electron chi connectivity index (χ1n) is 15.5. The van der Waals surface area contributed by atoms with Gasteiger partial charge in [-0.15, -0.1) is 0 Å². The summed E-state index contributed by atoms with van der Waals surface area (Å²) in [6.45, 7) is 4.67. The molecule has 0 saturated heterocycles. The van der Waals surface area contributed by atoms with Crippen molar-refractivity contribution in [3.63, 3.8) is 0 Å². The van der Waals surface area contributed by atoms with Crippen molar-refractivity contribution in [2.24, 2.45) is 0 Å². The Morgan fingerprint density at radius 1 is 0.467 bits per heavy atom. The van der Waals surface area contributed by atoms with Crippen molar-refractivity contribution in [1.29, 1.82) is 0 Å². The lowest BCUT2D eigenvalue weighted by Gasteiger charge is -2.25. The Balaban J connectivity index is 1.29. The average molecular weight is 576 g/mol. The number of benzene rings is 6. The first kappa shape index (κ1) is 25.8. The summed E-state index contributed by atoms with van der Waals surface area (Å²) >= 11 is 0. The van der Waals surface area contributed by atoms with E-state index in [1.54, 1.807) is 0 Å². The Morgan fingerprint density at radius 2 is 0.978 bits per heavy atom. The maximum absolute atomic E-state index is 5.24. The van der Waals surface area contributed by atoms with E-state index in [-0.39, 0.29) is 5.41 Å². The predicted octanol–water partition coefficient (Wildman–Crippen LogP) is 10.6. The summed E-state index contributed by atoms with van der Waals surface area (Å²) in [7, 11) is 0.